The van der Waals surface area contributed by atoms with Crippen molar-refractivity contribution in [2.75, 3.05) is 11.5 Å². The molecule has 0 bridgehead atoms. The van der Waals surface area contributed by atoms with Crippen molar-refractivity contribution in [3.8, 4) is 12.3 Å². The highest BCUT2D eigenvalue weighted by atomic mass is 32.2. The van der Waals surface area contributed by atoms with Gasteiger partial charge in [0.2, 0.25) is 0 Å². The van der Waals surface area contributed by atoms with Gasteiger partial charge in [-0.05, 0) is 12.8 Å². The van der Waals surface area contributed by atoms with Gasteiger partial charge in [-0.2, -0.15) is 0 Å². The van der Waals surface area contributed by atoms with E-state index < -0.39 is 10.8 Å². The van der Waals surface area contributed by atoms with Crippen LogP contribution in [0.25, 0.3) is 0 Å². The van der Waals surface area contributed by atoms with E-state index in [1.165, 1.54) is 0 Å². The maximum atomic E-state index is 10.8. The van der Waals surface area contributed by atoms with Crippen LogP contribution in [-0.2, 0) is 10.8 Å². The van der Waals surface area contributed by atoms with E-state index in [0.29, 0.717) is 5.92 Å². The largest absolute Gasteiger partial charge is 0.260 e. The van der Waals surface area contributed by atoms with Crippen LogP contribution >= 0.6 is 0 Å². The SMILES string of the molecule is C#CC1CCCS(=O)C1. The molecule has 1 aliphatic rings. The normalized spacial score (nSPS) is 35.4. The van der Waals surface area contributed by atoms with Crippen LogP contribution in [-0.4, -0.2) is 15.7 Å². The standard InChI is InChI=1S/C7H10OS/c1-2-7-4-3-5-9(8)6-7/h1,7H,3-6H2. The molecule has 2 heteroatoms. The Morgan fingerprint density at radius 3 is 2.89 bits per heavy atom. The summed E-state index contributed by atoms with van der Waals surface area (Å²) in [7, 11) is -0.613. The molecule has 0 spiro atoms. The van der Waals surface area contributed by atoms with Crippen molar-refractivity contribution in [1.82, 2.24) is 0 Å². The van der Waals surface area contributed by atoms with Gasteiger partial charge in [-0.3, -0.25) is 4.21 Å². The average molecular weight is 142 g/mol. The van der Waals surface area contributed by atoms with E-state index in [9.17, 15) is 4.21 Å². The van der Waals surface area contributed by atoms with Gasteiger partial charge < -0.3 is 0 Å². The summed E-state index contributed by atoms with van der Waals surface area (Å²) in [5, 5.41) is 0. The molecule has 1 saturated heterocycles. The maximum Gasteiger partial charge on any atom is 0.0372 e. The zero-order chi connectivity index (χ0) is 6.69. The summed E-state index contributed by atoms with van der Waals surface area (Å²) in [6.07, 6.45) is 7.30. The summed E-state index contributed by atoms with van der Waals surface area (Å²) in [6, 6.07) is 0. The Balaban J connectivity index is 2.43. The van der Waals surface area contributed by atoms with Gasteiger partial charge in [0.15, 0.2) is 0 Å². The molecule has 9 heavy (non-hydrogen) atoms. The Hall–Kier alpha value is -0.290. The molecule has 1 rings (SSSR count). The van der Waals surface area contributed by atoms with Crippen LogP contribution in [0.1, 0.15) is 12.8 Å². The first-order valence-corrected chi connectivity index (χ1v) is 4.63. The molecule has 0 radical (unpaired) electrons. The van der Waals surface area contributed by atoms with Gasteiger partial charge in [0.25, 0.3) is 0 Å². The van der Waals surface area contributed by atoms with Crippen LogP contribution in [0.4, 0.5) is 0 Å². The Morgan fingerprint density at radius 2 is 2.44 bits per heavy atom. The topological polar surface area (TPSA) is 17.1 Å². The van der Waals surface area contributed by atoms with Crippen molar-refractivity contribution in [3.63, 3.8) is 0 Å². The fourth-order valence-electron chi connectivity index (χ4n) is 1.01. The first-order chi connectivity index (χ1) is 4.33. The van der Waals surface area contributed by atoms with E-state index in [1.54, 1.807) is 0 Å². The summed E-state index contributed by atoms with van der Waals surface area (Å²) in [4.78, 5) is 0. The van der Waals surface area contributed by atoms with E-state index in [-0.39, 0.29) is 0 Å². The van der Waals surface area contributed by atoms with E-state index in [1.807, 2.05) is 0 Å². The van der Waals surface area contributed by atoms with Gasteiger partial charge in [0.05, 0.1) is 0 Å². The highest BCUT2D eigenvalue weighted by Gasteiger charge is 2.15. The molecule has 1 heterocycles. The van der Waals surface area contributed by atoms with E-state index in [4.69, 9.17) is 6.42 Å². The molecule has 0 aliphatic carbocycles. The molecule has 0 saturated carbocycles. The molecule has 0 aromatic rings. The van der Waals surface area contributed by atoms with Crippen molar-refractivity contribution in [2.45, 2.75) is 12.8 Å². The molecule has 2 atom stereocenters. The van der Waals surface area contributed by atoms with Crippen LogP contribution in [0, 0.1) is 18.3 Å². The molecule has 0 aromatic heterocycles. The zero-order valence-electron chi connectivity index (χ0n) is 5.30. The first-order valence-electron chi connectivity index (χ1n) is 3.14. The Bertz CT molecular complexity index is 157. The summed E-state index contributed by atoms with van der Waals surface area (Å²) in [5.74, 6) is 4.52. The first kappa shape index (κ1) is 6.82. The van der Waals surface area contributed by atoms with Gasteiger partial charge in [-0.25, -0.2) is 0 Å². The summed E-state index contributed by atoms with van der Waals surface area (Å²) >= 11 is 0. The molecule has 1 fully saturated rings. The van der Waals surface area contributed by atoms with Gasteiger partial charge in [0, 0.05) is 28.2 Å². The summed E-state index contributed by atoms with van der Waals surface area (Å²) < 4.78 is 10.8. The molecule has 1 nitrogen and oxygen atoms in total. The zero-order valence-corrected chi connectivity index (χ0v) is 6.12. The number of terminal acetylenes is 1. The molecule has 50 valence electrons. The van der Waals surface area contributed by atoms with Crippen molar-refractivity contribution in [1.29, 1.82) is 0 Å². The molecule has 0 amide bonds. The second-order valence-electron chi connectivity index (χ2n) is 2.32. The third kappa shape index (κ3) is 1.83. The number of hydrogen-bond acceptors (Lipinski definition) is 1. The second-order valence-corrected chi connectivity index (χ2v) is 3.94. The number of hydrogen-bond donors (Lipinski definition) is 0. The fourth-order valence-corrected chi connectivity index (χ4v) is 2.38. The van der Waals surface area contributed by atoms with Crippen molar-refractivity contribution < 1.29 is 4.21 Å². The lowest BCUT2D eigenvalue weighted by molar-refractivity contribution is 0.609. The Kier molecular flexibility index (Phi) is 2.29. The van der Waals surface area contributed by atoms with Crippen LogP contribution in [0.15, 0.2) is 0 Å². The van der Waals surface area contributed by atoms with Crippen molar-refractivity contribution in [2.24, 2.45) is 5.92 Å². The van der Waals surface area contributed by atoms with Gasteiger partial charge in [0.1, 0.15) is 0 Å². The third-order valence-electron chi connectivity index (χ3n) is 1.55. The van der Waals surface area contributed by atoms with Crippen LogP contribution in [0.5, 0.6) is 0 Å². The van der Waals surface area contributed by atoms with E-state index in [0.717, 1.165) is 24.3 Å². The lowest BCUT2D eigenvalue weighted by Crippen LogP contribution is -2.18. The predicted octanol–water partition coefficient (Wildman–Crippen LogP) is 0.778. The lowest BCUT2D eigenvalue weighted by Gasteiger charge is -2.14. The molecule has 0 N–H and O–H groups in total. The van der Waals surface area contributed by atoms with Crippen LogP contribution < -0.4 is 0 Å². The minimum absolute atomic E-state index is 0.291. The average Bonchev–Trinajstić information content (AvgIpc) is 1.88. The predicted molar refractivity (Wildman–Crippen MR) is 39.4 cm³/mol. The number of rotatable bonds is 0. The van der Waals surface area contributed by atoms with Crippen molar-refractivity contribution in [3.05, 3.63) is 0 Å². The Morgan fingerprint density at radius 1 is 1.67 bits per heavy atom. The van der Waals surface area contributed by atoms with E-state index in [2.05, 4.69) is 5.92 Å². The molecular formula is C7H10OS. The molecule has 1 aliphatic heterocycles. The quantitative estimate of drug-likeness (QED) is 0.457. The molecule has 0 aromatic carbocycles. The monoisotopic (exact) mass is 142 g/mol. The van der Waals surface area contributed by atoms with Crippen LogP contribution in [0.2, 0.25) is 0 Å². The fraction of sp³-hybridized carbons (Fsp3) is 0.714. The molecule has 2 unspecified atom stereocenters. The highest BCUT2D eigenvalue weighted by Crippen LogP contribution is 2.13. The van der Waals surface area contributed by atoms with Gasteiger partial charge in [-0.1, -0.05) is 0 Å². The highest BCUT2D eigenvalue weighted by molar-refractivity contribution is 7.85. The third-order valence-corrected chi connectivity index (χ3v) is 3.07. The van der Waals surface area contributed by atoms with Crippen molar-refractivity contribution >= 4 is 10.8 Å². The minimum Gasteiger partial charge on any atom is -0.260 e. The minimum atomic E-state index is -0.613. The van der Waals surface area contributed by atoms with Gasteiger partial charge in [-0.15, -0.1) is 12.3 Å². The smallest absolute Gasteiger partial charge is 0.0372 e. The second kappa shape index (κ2) is 3.03. The molecular weight excluding hydrogens is 132 g/mol. The summed E-state index contributed by atoms with van der Waals surface area (Å²) in [5.41, 5.74) is 0. The van der Waals surface area contributed by atoms with E-state index >= 15 is 0 Å². The summed E-state index contributed by atoms with van der Waals surface area (Å²) in [6.45, 7) is 0. The van der Waals surface area contributed by atoms with Gasteiger partial charge >= 0.3 is 0 Å². The maximum absolute atomic E-state index is 10.8. The van der Waals surface area contributed by atoms with Crippen LogP contribution in [0.3, 0.4) is 0 Å². The Labute approximate surface area is 58.3 Å². The lowest BCUT2D eigenvalue weighted by atomic mass is 10.1.